The Bertz CT molecular complexity index is 408. The van der Waals surface area contributed by atoms with Gasteiger partial charge in [-0.1, -0.05) is 13.8 Å². The maximum absolute atomic E-state index is 12.8. The first kappa shape index (κ1) is 16.9. The lowest BCUT2D eigenvalue weighted by atomic mass is 9.96. The fourth-order valence-corrected chi connectivity index (χ4v) is 1.92. The van der Waals surface area contributed by atoms with Crippen LogP contribution in [0.25, 0.3) is 0 Å². The molecule has 20 heavy (non-hydrogen) atoms. The van der Waals surface area contributed by atoms with E-state index < -0.39 is 24.3 Å². The third kappa shape index (κ3) is 3.91. The van der Waals surface area contributed by atoms with Gasteiger partial charge in [-0.2, -0.15) is 26.3 Å². The number of halogens is 6. The van der Waals surface area contributed by atoms with Crippen LogP contribution in [-0.4, -0.2) is 18.9 Å². The number of hydrogen-bond acceptors (Lipinski definition) is 2. The van der Waals surface area contributed by atoms with Crippen LogP contribution in [0.15, 0.2) is 16.5 Å². The van der Waals surface area contributed by atoms with E-state index in [9.17, 15) is 26.3 Å². The maximum Gasteiger partial charge on any atom is 0.402 e. The standard InChI is InChI=1S/C12H15F6NO/c1-3-7-5-6-8(20-7)9(19-4-2)10(11(13,14)15)12(16,17)18/h5-6,9-10,19H,3-4H2,1-2H3. The van der Waals surface area contributed by atoms with Gasteiger partial charge in [-0.05, 0) is 18.7 Å². The first-order valence-corrected chi connectivity index (χ1v) is 6.06. The molecule has 0 saturated carbocycles. The Hall–Kier alpha value is -1.18. The molecule has 0 amide bonds. The van der Waals surface area contributed by atoms with Crippen LogP contribution in [0.4, 0.5) is 26.3 Å². The van der Waals surface area contributed by atoms with Gasteiger partial charge in [0.05, 0.1) is 6.04 Å². The molecule has 1 rings (SSSR count). The number of furan rings is 1. The molecule has 2 nitrogen and oxygen atoms in total. The molecule has 0 aliphatic carbocycles. The van der Waals surface area contributed by atoms with Gasteiger partial charge in [0, 0.05) is 6.42 Å². The average Bonchev–Trinajstić information content (AvgIpc) is 2.72. The van der Waals surface area contributed by atoms with Crippen LogP contribution in [0.1, 0.15) is 31.4 Å². The van der Waals surface area contributed by atoms with Crippen molar-refractivity contribution in [2.45, 2.75) is 38.7 Å². The summed E-state index contributed by atoms with van der Waals surface area (Å²) in [7, 11) is 0. The van der Waals surface area contributed by atoms with Crippen molar-refractivity contribution >= 4 is 0 Å². The Balaban J connectivity index is 3.21. The molecule has 8 heteroatoms. The van der Waals surface area contributed by atoms with Gasteiger partial charge in [0.2, 0.25) is 0 Å². The summed E-state index contributed by atoms with van der Waals surface area (Å²) in [5, 5.41) is 2.22. The van der Waals surface area contributed by atoms with E-state index in [1.54, 1.807) is 6.92 Å². The topological polar surface area (TPSA) is 25.2 Å². The summed E-state index contributed by atoms with van der Waals surface area (Å²) in [6.07, 6.45) is -10.4. The Morgan fingerprint density at radius 1 is 1.05 bits per heavy atom. The fraction of sp³-hybridized carbons (Fsp3) is 0.667. The second kappa shape index (κ2) is 6.07. The highest BCUT2D eigenvalue weighted by atomic mass is 19.4. The zero-order valence-corrected chi connectivity index (χ0v) is 10.9. The van der Waals surface area contributed by atoms with Gasteiger partial charge in [0.25, 0.3) is 0 Å². The molecule has 0 aliphatic heterocycles. The van der Waals surface area contributed by atoms with Gasteiger partial charge in [-0.25, -0.2) is 0 Å². The lowest BCUT2D eigenvalue weighted by Crippen LogP contribution is -2.45. The van der Waals surface area contributed by atoms with Gasteiger partial charge < -0.3 is 9.73 Å². The molecule has 1 aromatic rings. The molecule has 0 aromatic carbocycles. The van der Waals surface area contributed by atoms with Crippen molar-refractivity contribution < 1.29 is 30.8 Å². The van der Waals surface area contributed by atoms with Crippen LogP contribution in [-0.2, 0) is 6.42 Å². The predicted octanol–water partition coefficient (Wildman–Crippen LogP) is 4.23. The SMILES string of the molecule is CCNC(c1ccc(CC)o1)C(C(F)(F)F)C(F)(F)F. The Labute approximate surface area is 112 Å². The Morgan fingerprint density at radius 3 is 1.95 bits per heavy atom. The van der Waals surface area contributed by atoms with Crippen LogP contribution in [0.5, 0.6) is 0 Å². The second-order valence-electron chi connectivity index (χ2n) is 4.25. The van der Waals surface area contributed by atoms with E-state index in [0.717, 1.165) is 6.07 Å². The van der Waals surface area contributed by atoms with Gasteiger partial charge in [-0.3, -0.25) is 0 Å². The minimum Gasteiger partial charge on any atom is -0.464 e. The zero-order chi connectivity index (χ0) is 15.6. The summed E-state index contributed by atoms with van der Waals surface area (Å²) in [6, 6.07) is 0.542. The minimum absolute atomic E-state index is 0.0461. The molecule has 1 N–H and O–H groups in total. The van der Waals surface area contributed by atoms with Gasteiger partial charge >= 0.3 is 12.4 Å². The van der Waals surface area contributed by atoms with Crippen LogP contribution in [0, 0.1) is 5.92 Å². The molecule has 0 aliphatic rings. The average molecular weight is 303 g/mol. The molecule has 0 radical (unpaired) electrons. The van der Waals surface area contributed by atoms with Crippen LogP contribution < -0.4 is 5.32 Å². The quantitative estimate of drug-likeness (QED) is 0.823. The number of alkyl halides is 6. The second-order valence-corrected chi connectivity index (χ2v) is 4.25. The van der Waals surface area contributed by atoms with E-state index >= 15 is 0 Å². The lowest BCUT2D eigenvalue weighted by molar-refractivity contribution is -0.293. The van der Waals surface area contributed by atoms with Gasteiger partial charge in [0.1, 0.15) is 11.5 Å². The summed E-state index contributed by atoms with van der Waals surface area (Å²) < 4.78 is 81.6. The Kier molecular flexibility index (Phi) is 5.12. The highest BCUT2D eigenvalue weighted by Gasteiger charge is 2.61. The van der Waals surface area contributed by atoms with Gasteiger partial charge in [-0.15, -0.1) is 0 Å². The summed E-state index contributed by atoms with van der Waals surface area (Å²) >= 11 is 0. The smallest absolute Gasteiger partial charge is 0.402 e. The lowest BCUT2D eigenvalue weighted by Gasteiger charge is -2.29. The van der Waals surface area contributed by atoms with E-state index in [4.69, 9.17) is 4.42 Å². The van der Waals surface area contributed by atoms with Crippen molar-refractivity contribution in [3.8, 4) is 0 Å². The first-order chi connectivity index (χ1) is 9.11. The number of hydrogen-bond donors (Lipinski definition) is 1. The first-order valence-electron chi connectivity index (χ1n) is 6.06. The molecular weight excluding hydrogens is 288 g/mol. The maximum atomic E-state index is 12.8. The fourth-order valence-electron chi connectivity index (χ4n) is 1.92. The molecule has 116 valence electrons. The highest BCUT2D eigenvalue weighted by Crippen LogP contribution is 2.46. The molecule has 0 spiro atoms. The van der Waals surface area contributed by atoms with E-state index in [0.29, 0.717) is 12.2 Å². The minimum atomic E-state index is -5.41. The van der Waals surface area contributed by atoms with Crippen molar-refractivity contribution in [2.24, 2.45) is 5.92 Å². The van der Waals surface area contributed by atoms with Crippen molar-refractivity contribution in [1.29, 1.82) is 0 Å². The van der Waals surface area contributed by atoms with E-state index in [2.05, 4.69) is 5.32 Å². The summed E-state index contributed by atoms with van der Waals surface area (Å²) in [5.74, 6) is -3.53. The monoisotopic (exact) mass is 303 g/mol. The number of nitrogens with one attached hydrogen (secondary N) is 1. The summed E-state index contributed by atoms with van der Waals surface area (Å²) in [6.45, 7) is 3.08. The van der Waals surface area contributed by atoms with E-state index in [1.165, 1.54) is 13.0 Å². The zero-order valence-electron chi connectivity index (χ0n) is 10.9. The largest absolute Gasteiger partial charge is 0.464 e. The molecule has 1 heterocycles. The molecule has 1 unspecified atom stereocenters. The Morgan fingerprint density at radius 2 is 1.60 bits per heavy atom. The third-order valence-electron chi connectivity index (χ3n) is 2.80. The van der Waals surface area contributed by atoms with Crippen molar-refractivity contribution in [2.75, 3.05) is 6.54 Å². The highest BCUT2D eigenvalue weighted by molar-refractivity contribution is 5.13. The molecular formula is C12H15F6NO. The van der Waals surface area contributed by atoms with Crippen LogP contribution in [0.2, 0.25) is 0 Å². The van der Waals surface area contributed by atoms with Crippen molar-refractivity contribution in [3.63, 3.8) is 0 Å². The van der Waals surface area contributed by atoms with Crippen molar-refractivity contribution in [1.82, 2.24) is 5.32 Å². The predicted molar refractivity (Wildman–Crippen MR) is 60.1 cm³/mol. The number of aryl methyl sites for hydroxylation is 1. The number of rotatable bonds is 5. The molecule has 1 atom stereocenters. The van der Waals surface area contributed by atoms with Crippen molar-refractivity contribution in [3.05, 3.63) is 23.7 Å². The molecule has 1 aromatic heterocycles. The normalized spacial score (nSPS) is 14.8. The molecule has 0 bridgehead atoms. The third-order valence-corrected chi connectivity index (χ3v) is 2.80. The summed E-state index contributed by atoms with van der Waals surface area (Å²) in [4.78, 5) is 0. The van der Waals surface area contributed by atoms with E-state index in [-0.39, 0.29) is 12.3 Å². The van der Waals surface area contributed by atoms with Gasteiger partial charge in [0.15, 0.2) is 5.92 Å². The summed E-state index contributed by atoms with van der Waals surface area (Å²) in [5.41, 5.74) is 0. The molecule has 0 fully saturated rings. The van der Waals surface area contributed by atoms with E-state index in [1.807, 2.05) is 0 Å². The van der Waals surface area contributed by atoms with Crippen LogP contribution in [0.3, 0.4) is 0 Å². The van der Waals surface area contributed by atoms with Crippen LogP contribution >= 0.6 is 0 Å². The molecule has 0 saturated heterocycles.